The van der Waals surface area contributed by atoms with Crippen LogP contribution in [0.4, 0.5) is 0 Å². The molecule has 0 aliphatic rings. The van der Waals surface area contributed by atoms with Crippen LogP contribution >= 0.6 is 22.7 Å². The van der Waals surface area contributed by atoms with Gasteiger partial charge in [-0.3, -0.25) is 10.2 Å². The number of thiophene rings is 2. The third-order valence-corrected chi connectivity index (χ3v) is 6.18. The average Bonchev–Trinajstić information content (AvgIpc) is 3.41. The quantitative estimate of drug-likeness (QED) is 0.427. The second kappa shape index (κ2) is 6.27. The maximum absolute atomic E-state index is 13.1. The SMILES string of the molecule is N#Cc1c(=N)nc2oc(-c3cccs3)cc3c(C(=O)c4cccs4)c[nH]c1c23. The number of nitriles is 1. The highest BCUT2D eigenvalue weighted by Gasteiger charge is 2.21. The van der Waals surface area contributed by atoms with E-state index < -0.39 is 0 Å². The molecule has 0 unspecified atom stereocenters. The van der Waals surface area contributed by atoms with Crippen molar-refractivity contribution in [3.63, 3.8) is 0 Å². The summed E-state index contributed by atoms with van der Waals surface area (Å²) in [6.45, 7) is 0. The minimum atomic E-state index is -0.169. The van der Waals surface area contributed by atoms with Crippen LogP contribution in [0.2, 0.25) is 0 Å². The van der Waals surface area contributed by atoms with E-state index in [4.69, 9.17) is 9.83 Å². The second-order valence-electron chi connectivity index (χ2n) is 6.01. The smallest absolute Gasteiger partial charge is 0.231 e. The molecule has 0 fully saturated rings. The van der Waals surface area contributed by atoms with Gasteiger partial charge in [0.05, 0.1) is 20.7 Å². The summed E-state index contributed by atoms with van der Waals surface area (Å²) >= 11 is 2.88. The van der Waals surface area contributed by atoms with Crippen LogP contribution in [-0.2, 0) is 0 Å². The number of hydrogen-bond acceptors (Lipinski definition) is 7. The number of carbonyl (C=O) groups excluding carboxylic acids is 1. The van der Waals surface area contributed by atoms with E-state index in [0.29, 0.717) is 32.5 Å². The normalized spacial score (nSPS) is 11.1. The van der Waals surface area contributed by atoms with E-state index in [1.54, 1.807) is 12.3 Å². The molecule has 28 heavy (non-hydrogen) atoms. The second-order valence-corrected chi connectivity index (χ2v) is 7.91. The molecule has 0 bridgehead atoms. The number of H-pyrrole nitrogens is 1. The molecule has 5 aromatic rings. The Morgan fingerprint density at radius 3 is 2.79 bits per heavy atom. The highest BCUT2D eigenvalue weighted by atomic mass is 32.1. The Labute approximate surface area is 165 Å². The Balaban J connectivity index is 1.93. The fraction of sp³-hybridized carbons (Fsp3) is 0. The molecule has 0 spiro atoms. The summed E-state index contributed by atoms with van der Waals surface area (Å²) in [5.41, 5.74) is 1.08. The van der Waals surface area contributed by atoms with Crippen molar-refractivity contribution in [3.8, 4) is 16.7 Å². The van der Waals surface area contributed by atoms with Crippen LogP contribution in [0.1, 0.15) is 20.8 Å². The summed E-state index contributed by atoms with van der Waals surface area (Å²) in [7, 11) is 0. The molecule has 0 aromatic carbocycles. The van der Waals surface area contributed by atoms with Crippen molar-refractivity contribution in [2.75, 3.05) is 0 Å². The zero-order chi connectivity index (χ0) is 19.3. The van der Waals surface area contributed by atoms with Gasteiger partial charge in [-0.15, -0.1) is 22.7 Å². The molecule has 5 aromatic heterocycles. The first-order chi connectivity index (χ1) is 13.7. The van der Waals surface area contributed by atoms with Crippen molar-refractivity contribution in [3.05, 3.63) is 68.8 Å². The van der Waals surface area contributed by atoms with Gasteiger partial charge in [-0.25, -0.2) is 0 Å². The van der Waals surface area contributed by atoms with Crippen molar-refractivity contribution < 1.29 is 9.21 Å². The van der Waals surface area contributed by atoms with E-state index in [1.165, 1.54) is 22.7 Å². The van der Waals surface area contributed by atoms with Gasteiger partial charge in [0.2, 0.25) is 11.5 Å². The van der Waals surface area contributed by atoms with Crippen molar-refractivity contribution in [2.45, 2.75) is 0 Å². The standard InChI is InChI=1S/C20H10N4O2S2/c21-8-11-17-16-10(12(9-23-17)18(25)15-4-2-6-28-15)7-13(14-3-1-5-27-14)26-20(16)24-19(11)22/h1-7,9,22-23H. The molecule has 134 valence electrons. The molecule has 6 nitrogen and oxygen atoms in total. The number of pyridine rings is 2. The van der Waals surface area contributed by atoms with E-state index in [-0.39, 0.29) is 22.5 Å². The third kappa shape index (κ3) is 2.41. The van der Waals surface area contributed by atoms with Crippen LogP contribution in [0.5, 0.6) is 0 Å². The van der Waals surface area contributed by atoms with Crippen LogP contribution in [0.3, 0.4) is 0 Å². The Bertz CT molecular complexity index is 1450. The van der Waals surface area contributed by atoms with Crippen molar-refractivity contribution in [1.29, 1.82) is 10.7 Å². The van der Waals surface area contributed by atoms with Crippen LogP contribution in [0, 0.1) is 16.7 Å². The fourth-order valence-electron chi connectivity index (χ4n) is 3.18. The Kier molecular flexibility index (Phi) is 3.72. The maximum atomic E-state index is 13.1. The summed E-state index contributed by atoms with van der Waals surface area (Å²) in [5, 5.41) is 22.5. The number of nitrogens with one attached hydrogen (secondary N) is 2. The van der Waals surface area contributed by atoms with E-state index in [9.17, 15) is 10.1 Å². The van der Waals surface area contributed by atoms with Gasteiger partial charge in [-0.1, -0.05) is 12.1 Å². The molecule has 5 rings (SSSR count). The molecule has 0 atom stereocenters. The third-order valence-electron chi connectivity index (χ3n) is 4.43. The lowest BCUT2D eigenvalue weighted by Gasteiger charge is -2.11. The molecule has 0 saturated carbocycles. The highest BCUT2D eigenvalue weighted by Crippen LogP contribution is 2.35. The fourth-order valence-corrected chi connectivity index (χ4v) is 4.54. The van der Waals surface area contributed by atoms with Gasteiger partial charge in [0.1, 0.15) is 17.4 Å². The summed E-state index contributed by atoms with van der Waals surface area (Å²) < 4.78 is 5.96. The van der Waals surface area contributed by atoms with Crippen molar-refractivity contribution in [1.82, 2.24) is 9.97 Å². The molecular weight excluding hydrogens is 392 g/mol. The Hall–Kier alpha value is -3.54. The van der Waals surface area contributed by atoms with Gasteiger partial charge in [-0.2, -0.15) is 10.2 Å². The number of aromatic nitrogens is 2. The van der Waals surface area contributed by atoms with E-state index in [2.05, 4.69) is 9.97 Å². The van der Waals surface area contributed by atoms with E-state index in [0.717, 1.165) is 4.88 Å². The predicted octanol–water partition coefficient (Wildman–Crippen LogP) is 4.68. The van der Waals surface area contributed by atoms with E-state index in [1.807, 2.05) is 41.1 Å². The first kappa shape index (κ1) is 16.6. The predicted molar refractivity (Wildman–Crippen MR) is 107 cm³/mol. The van der Waals surface area contributed by atoms with Gasteiger partial charge < -0.3 is 9.40 Å². The topological polar surface area (TPSA) is 107 Å². The molecule has 0 amide bonds. The van der Waals surface area contributed by atoms with Crippen LogP contribution < -0.4 is 5.49 Å². The molecule has 2 N–H and O–H groups in total. The molecule has 5 heterocycles. The number of ketones is 1. The highest BCUT2D eigenvalue weighted by molar-refractivity contribution is 7.13. The van der Waals surface area contributed by atoms with Gasteiger partial charge in [0.25, 0.3) is 0 Å². The number of aromatic amines is 1. The average molecular weight is 402 g/mol. The zero-order valence-electron chi connectivity index (χ0n) is 14.1. The van der Waals surface area contributed by atoms with Crippen LogP contribution in [-0.4, -0.2) is 15.8 Å². The van der Waals surface area contributed by atoms with E-state index >= 15 is 0 Å². The summed E-state index contributed by atoms with van der Waals surface area (Å²) in [6, 6.07) is 11.3. The molecule has 0 radical (unpaired) electrons. The molecule has 0 aliphatic carbocycles. The minimum absolute atomic E-state index is 0.117. The van der Waals surface area contributed by atoms with Crippen molar-refractivity contribution in [2.24, 2.45) is 0 Å². The lowest BCUT2D eigenvalue weighted by atomic mass is 10.0. The zero-order valence-corrected chi connectivity index (χ0v) is 15.8. The first-order valence-electron chi connectivity index (χ1n) is 8.23. The largest absolute Gasteiger partial charge is 0.437 e. The van der Waals surface area contributed by atoms with Crippen LogP contribution in [0.15, 0.2) is 51.7 Å². The molecular formula is C20H10N4O2S2. The number of rotatable bonds is 3. The van der Waals surface area contributed by atoms with Gasteiger partial charge in [0, 0.05) is 17.1 Å². The lowest BCUT2D eigenvalue weighted by Crippen LogP contribution is -2.13. The minimum Gasteiger partial charge on any atom is -0.437 e. The Morgan fingerprint density at radius 1 is 1.25 bits per heavy atom. The first-order valence-corrected chi connectivity index (χ1v) is 9.99. The summed E-state index contributed by atoms with van der Waals surface area (Å²) in [5.74, 6) is 0.443. The van der Waals surface area contributed by atoms with Gasteiger partial charge >= 0.3 is 0 Å². The lowest BCUT2D eigenvalue weighted by molar-refractivity contribution is 0.104. The Morgan fingerprint density at radius 2 is 2.07 bits per heavy atom. The monoisotopic (exact) mass is 402 g/mol. The summed E-state index contributed by atoms with van der Waals surface area (Å²) in [6.07, 6.45) is 1.59. The van der Waals surface area contributed by atoms with Crippen molar-refractivity contribution >= 4 is 50.5 Å². The number of hydrogen-bond donors (Lipinski definition) is 2. The molecule has 0 saturated heterocycles. The maximum Gasteiger partial charge on any atom is 0.231 e. The molecule has 8 heteroatoms. The number of carbonyl (C=O) groups is 1. The van der Waals surface area contributed by atoms with Crippen LogP contribution in [0.25, 0.3) is 32.6 Å². The van der Waals surface area contributed by atoms with Gasteiger partial charge in [0.15, 0.2) is 5.49 Å². The number of nitrogens with zero attached hydrogens (tertiary/aromatic N) is 2. The van der Waals surface area contributed by atoms with Gasteiger partial charge in [-0.05, 0) is 29.0 Å². The summed E-state index contributed by atoms with van der Waals surface area (Å²) in [4.78, 5) is 21.8. The molecule has 0 aliphatic heterocycles.